The van der Waals surface area contributed by atoms with Crippen LogP contribution in [0.3, 0.4) is 0 Å². The van der Waals surface area contributed by atoms with Gasteiger partial charge in [-0.05, 0) is 24.3 Å². The lowest BCUT2D eigenvalue weighted by molar-refractivity contribution is 0.103. The minimum atomic E-state index is -0.156. The van der Waals surface area contributed by atoms with E-state index in [4.69, 9.17) is 13.9 Å². The van der Waals surface area contributed by atoms with E-state index < -0.39 is 0 Å². The summed E-state index contributed by atoms with van der Waals surface area (Å²) in [5.41, 5.74) is 1.55. The minimum Gasteiger partial charge on any atom is -0.486 e. The number of carbonyl (C=O) groups is 2. The van der Waals surface area contributed by atoms with Crippen molar-refractivity contribution in [3.63, 3.8) is 0 Å². The Morgan fingerprint density at radius 1 is 0.920 bits per heavy atom. The molecule has 2 heterocycles. The zero-order valence-corrected chi connectivity index (χ0v) is 13.2. The average molecular weight is 334 g/mol. The molecule has 25 heavy (non-hydrogen) atoms. The zero-order valence-electron chi connectivity index (χ0n) is 13.2. The van der Waals surface area contributed by atoms with Crippen LogP contribution in [0.1, 0.15) is 26.5 Å². The van der Waals surface area contributed by atoms with Crippen LogP contribution in [0.2, 0.25) is 0 Å². The molecule has 0 bridgehead atoms. The number of ketones is 1. The SMILES string of the molecule is O=Cc1ccc(-c2cc3c(cc2C(=O)c2ccccc2)OCCO3)o1. The molecule has 0 saturated carbocycles. The van der Waals surface area contributed by atoms with Crippen LogP contribution in [-0.2, 0) is 0 Å². The van der Waals surface area contributed by atoms with E-state index in [9.17, 15) is 9.59 Å². The standard InChI is InChI=1S/C20H14O5/c21-12-14-6-7-17(25-14)15-10-18-19(24-9-8-23-18)11-16(15)20(22)13-4-2-1-3-5-13/h1-7,10-12H,8-9H2. The van der Waals surface area contributed by atoms with Gasteiger partial charge >= 0.3 is 0 Å². The molecule has 0 spiro atoms. The van der Waals surface area contributed by atoms with Gasteiger partial charge in [0.1, 0.15) is 19.0 Å². The number of benzene rings is 2. The summed E-state index contributed by atoms with van der Waals surface area (Å²) in [7, 11) is 0. The molecule has 0 saturated heterocycles. The Labute approximate surface area is 143 Å². The molecule has 5 nitrogen and oxygen atoms in total. The topological polar surface area (TPSA) is 65.7 Å². The number of ether oxygens (including phenoxy) is 2. The normalized spacial score (nSPS) is 12.6. The second-order valence-electron chi connectivity index (χ2n) is 5.56. The number of fused-ring (bicyclic) bond motifs is 1. The molecular formula is C20H14O5. The summed E-state index contributed by atoms with van der Waals surface area (Å²) in [4.78, 5) is 23.9. The van der Waals surface area contributed by atoms with Crippen LogP contribution in [0, 0.1) is 0 Å². The first kappa shape index (κ1) is 15.2. The van der Waals surface area contributed by atoms with Gasteiger partial charge in [0, 0.05) is 16.7 Å². The Morgan fingerprint density at radius 2 is 1.64 bits per heavy atom. The van der Waals surface area contributed by atoms with Crippen LogP contribution < -0.4 is 9.47 Å². The summed E-state index contributed by atoms with van der Waals surface area (Å²) in [6, 6.07) is 15.6. The van der Waals surface area contributed by atoms with Crippen molar-refractivity contribution in [1.29, 1.82) is 0 Å². The van der Waals surface area contributed by atoms with Crippen molar-refractivity contribution in [1.82, 2.24) is 0 Å². The fourth-order valence-corrected chi connectivity index (χ4v) is 2.79. The van der Waals surface area contributed by atoms with Crippen molar-refractivity contribution in [2.45, 2.75) is 0 Å². The Morgan fingerprint density at radius 3 is 2.32 bits per heavy atom. The highest BCUT2D eigenvalue weighted by atomic mass is 16.6. The highest BCUT2D eigenvalue weighted by Crippen LogP contribution is 2.38. The number of rotatable bonds is 4. The molecule has 0 unspecified atom stereocenters. The van der Waals surface area contributed by atoms with Crippen molar-refractivity contribution in [3.05, 3.63) is 71.5 Å². The van der Waals surface area contributed by atoms with Gasteiger partial charge in [-0.15, -0.1) is 0 Å². The average Bonchev–Trinajstić information content (AvgIpc) is 3.16. The summed E-state index contributed by atoms with van der Waals surface area (Å²) >= 11 is 0. The molecule has 5 heteroatoms. The third-order valence-electron chi connectivity index (χ3n) is 3.97. The van der Waals surface area contributed by atoms with E-state index in [0.29, 0.717) is 53.4 Å². The van der Waals surface area contributed by atoms with Gasteiger partial charge in [-0.2, -0.15) is 0 Å². The number of carbonyl (C=O) groups excluding carboxylic acids is 2. The van der Waals surface area contributed by atoms with E-state index >= 15 is 0 Å². The number of hydrogen-bond acceptors (Lipinski definition) is 5. The molecule has 0 N–H and O–H groups in total. The van der Waals surface area contributed by atoms with Crippen molar-refractivity contribution in [2.75, 3.05) is 13.2 Å². The molecule has 1 aliphatic heterocycles. The van der Waals surface area contributed by atoms with Crippen molar-refractivity contribution in [2.24, 2.45) is 0 Å². The molecule has 3 aromatic rings. The molecule has 1 aliphatic rings. The number of aldehydes is 1. The summed E-state index contributed by atoms with van der Waals surface area (Å²) in [6.07, 6.45) is 0.625. The van der Waals surface area contributed by atoms with Crippen LogP contribution in [0.4, 0.5) is 0 Å². The number of hydrogen-bond donors (Lipinski definition) is 0. The Hall–Kier alpha value is -3.34. The van der Waals surface area contributed by atoms with Crippen LogP contribution in [0.5, 0.6) is 11.5 Å². The van der Waals surface area contributed by atoms with Crippen LogP contribution in [0.25, 0.3) is 11.3 Å². The van der Waals surface area contributed by atoms with Gasteiger partial charge < -0.3 is 13.9 Å². The van der Waals surface area contributed by atoms with Gasteiger partial charge in [-0.25, -0.2) is 0 Å². The van der Waals surface area contributed by atoms with Gasteiger partial charge in [0.05, 0.1) is 0 Å². The number of furan rings is 1. The maximum atomic E-state index is 13.0. The Kier molecular flexibility index (Phi) is 3.82. The Bertz CT molecular complexity index is 940. The second-order valence-corrected chi connectivity index (χ2v) is 5.56. The lowest BCUT2D eigenvalue weighted by Gasteiger charge is -2.20. The summed E-state index contributed by atoms with van der Waals surface area (Å²) in [5, 5.41) is 0. The van der Waals surface area contributed by atoms with Gasteiger partial charge in [0.25, 0.3) is 0 Å². The molecule has 0 atom stereocenters. The molecular weight excluding hydrogens is 320 g/mol. The first-order valence-corrected chi connectivity index (χ1v) is 7.85. The van der Waals surface area contributed by atoms with Crippen molar-refractivity contribution in [3.8, 4) is 22.8 Å². The fraction of sp³-hybridized carbons (Fsp3) is 0.100. The van der Waals surface area contributed by atoms with E-state index in [2.05, 4.69) is 0 Å². The van der Waals surface area contributed by atoms with E-state index in [1.54, 1.807) is 36.4 Å². The predicted molar refractivity (Wildman–Crippen MR) is 90.4 cm³/mol. The molecule has 0 radical (unpaired) electrons. The largest absolute Gasteiger partial charge is 0.486 e. The maximum absolute atomic E-state index is 13.0. The molecule has 1 aromatic heterocycles. The van der Waals surface area contributed by atoms with Gasteiger partial charge in [-0.1, -0.05) is 30.3 Å². The summed E-state index contributed by atoms with van der Waals surface area (Å²) in [6.45, 7) is 0.873. The first-order valence-electron chi connectivity index (χ1n) is 7.85. The zero-order chi connectivity index (χ0) is 17.2. The van der Waals surface area contributed by atoms with Gasteiger partial charge in [-0.3, -0.25) is 9.59 Å². The monoisotopic (exact) mass is 334 g/mol. The molecule has 0 amide bonds. The minimum absolute atomic E-state index is 0.156. The van der Waals surface area contributed by atoms with Crippen LogP contribution >= 0.6 is 0 Å². The van der Waals surface area contributed by atoms with E-state index in [1.807, 2.05) is 18.2 Å². The molecule has 2 aromatic carbocycles. The highest BCUT2D eigenvalue weighted by Gasteiger charge is 2.23. The molecule has 0 aliphatic carbocycles. The van der Waals surface area contributed by atoms with Crippen molar-refractivity contribution < 1.29 is 23.5 Å². The Balaban J connectivity index is 1.88. The van der Waals surface area contributed by atoms with E-state index in [-0.39, 0.29) is 11.5 Å². The van der Waals surface area contributed by atoms with E-state index in [0.717, 1.165) is 0 Å². The lowest BCUT2D eigenvalue weighted by atomic mass is 9.96. The fourth-order valence-electron chi connectivity index (χ4n) is 2.79. The lowest BCUT2D eigenvalue weighted by Crippen LogP contribution is -2.16. The molecule has 4 rings (SSSR count). The van der Waals surface area contributed by atoms with E-state index in [1.165, 1.54) is 0 Å². The molecule has 0 fully saturated rings. The third-order valence-corrected chi connectivity index (χ3v) is 3.97. The smallest absolute Gasteiger partial charge is 0.193 e. The summed E-state index contributed by atoms with van der Waals surface area (Å²) in [5.74, 6) is 1.55. The predicted octanol–water partition coefficient (Wildman–Crippen LogP) is 3.76. The molecule has 124 valence electrons. The second kappa shape index (κ2) is 6.28. The van der Waals surface area contributed by atoms with Crippen molar-refractivity contribution >= 4 is 12.1 Å². The quantitative estimate of drug-likeness (QED) is 0.537. The van der Waals surface area contributed by atoms with Crippen LogP contribution in [-0.4, -0.2) is 25.3 Å². The highest BCUT2D eigenvalue weighted by molar-refractivity contribution is 6.13. The van der Waals surface area contributed by atoms with Crippen LogP contribution in [0.15, 0.2) is 59.0 Å². The van der Waals surface area contributed by atoms with Gasteiger partial charge in [0.2, 0.25) is 0 Å². The van der Waals surface area contributed by atoms with Gasteiger partial charge in [0.15, 0.2) is 29.3 Å². The maximum Gasteiger partial charge on any atom is 0.193 e. The first-order chi connectivity index (χ1) is 12.3. The third kappa shape index (κ3) is 2.80. The summed E-state index contributed by atoms with van der Waals surface area (Å²) < 4.78 is 16.7.